The lowest BCUT2D eigenvalue weighted by Gasteiger charge is -2.58. The summed E-state index contributed by atoms with van der Waals surface area (Å²) < 4.78 is 5.35. The average Bonchev–Trinajstić information content (AvgIpc) is 3.17. The van der Waals surface area contributed by atoms with Gasteiger partial charge in [-0.3, -0.25) is 4.79 Å². The quantitative estimate of drug-likeness (QED) is 0.483. The fourth-order valence-electron chi connectivity index (χ4n) is 7.79. The van der Waals surface area contributed by atoms with Crippen LogP contribution in [0.3, 0.4) is 0 Å². The Balaban J connectivity index is 2.03. The van der Waals surface area contributed by atoms with Gasteiger partial charge in [-0.1, -0.05) is 38.8 Å². The Hall–Kier alpha value is -1.16. The maximum Gasteiger partial charge on any atom is 0.317 e. The van der Waals surface area contributed by atoms with Gasteiger partial charge in [0.15, 0.2) is 0 Å². The topological polar surface area (TPSA) is 63.6 Å². The zero-order valence-corrected chi connectivity index (χ0v) is 15.7. The van der Waals surface area contributed by atoms with Crippen molar-refractivity contribution in [2.24, 2.45) is 45.8 Å². The SMILES string of the molecule is COC(=O)[C@@]12C(C(C)C)=C[C@H]3C[C@]1(C=O)[C@@H]1CC[C@@H](C)[C@H]1CC32CO. The summed E-state index contributed by atoms with van der Waals surface area (Å²) in [6, 6.07) is 0. The Bertz CT molecular complexity index is 652. The van der Waals surface area contributed by atoms with Crippen molar-refractivity contribution in [2.75, 3.05) is 13.7 Å². The number of carbonyl (C=O) groups is 2. The Morgan fingerprint density at radius 1 is 1.40 bits per heavy atom. The molecule has 4 bridgehead atoms. The van der Waals surface area contributed by atoms with Gasteiger partial charge in [-0.2, -0.15) is 0 Å². The second kappa shape index (κ2) is 5.18. The van der Waals surface area contributed by atoms with Crippen LogP contribution < -0.4 is 0 Å². The normalized spacial score (nSPS) is 49.9. The molecular weight excluding hydrogens is 316 g/mol. The lowest BCUT2D eigenvalue weighted by atomic mass is 9.43. The van der Waals surface area contributed by atoms with E-state index in [1.807, 2.05) is 0 Å². The summed E-state index contributed by atoms with van der Waals surface area (Å²) in [6.07, 6.45) is 6.94. The van der Waals surface area contributed by atoms with E-state index in [-0.39, 0.29) is 30.3 Å². The Morgan fingerprint density at radius 3 is 2.68 bits per heavy atom. The van der Waals surface area contributed by atoms with Crippen molar-refractivity contribution in [1.29, 1.82) is 0 Å². The molecule has 0 saturated heterocycles. The Labute approximate surface area is 150 Å². The van der Waals surface area contributed by atoms with Crippen LogP contribution in [0.2, 0.25) is 0 Å². The summed E-state index contributed by atoms with van der Waals surface area (Å²) in [5, 5.41) is 10.6. The van der Waals surface area contributed by atoms with Gasteiger partial charge < -0.3 is 14.6 Å². The number of aliphatic hydroxyl groups excluding tert-OH is 1. The zero-order valence-electron chi connectivity index (χ0n) is 15.7. The first-order valence-corrected chi connectivity index (χ1v) is 9.74. The number of methoxy groups -OCH3 is 1. The van der Waals surface area contributed by atoms with Gasteiger partial charge in [-0.05, 0) is 48.9 Å². The summed E-state index contributed by atoms with van der Waals surface area (Å²) in [5.41, 5.74) is -1.22. The molecule has 4 heteroatoms. The molecular formula is C21H30O4. The first-order valence-electron chi connectivity index (χ1n) is 9.74. The predicted octanol–water partition coefficient (Wildman–Crippen LogP) is 2.99. The van der Waals surface area contributed by atoms with E-state index >= 15 is 0 Å². The second-order valence-corrected chi connectivity index (χ2v) is 9.33. The number of ether oxygens (including phenoxy) is 1. The van der Waals surface area contributed by atoms with Crippen LogP contribution in [0.4, 0.5) is 0 Å². The van der Waals surface area contributed by atoms with Crippen LogP contribution in [0.1, 0.15) is 46.5 Å². The standard InChI is InChI=1S/C21H30O4/c1-12(2)17-7-14-8-20(11-23)16-6-5-13(3)15(16)9-19(14,10-22)21(17,20)18(24)25-4/h7,11-16,22H,5-6,8-10H2,1-4H3/t13-,14+,15-,16-,19?,20+,21-/m1/s1. The lowest BCUT2D eigenvalue weighted by molar-refractivity contribution is -0.187. The molecule has 0 amide bonds. The molecule has 0 aromatic rings. The first-order chi connectivity index (χ1) is 11.9. The van der Waals surface area contributed by atoms with Crippen LogP contribution in [-0.2, 0) is 14.3 Å². The van der Waals surface area contributed by atoms with E-state index < -0.39 is 16.2 Å². The van der Waals surface area contributed by atoms with Crippen molar-refractivity contribution in [3.8, 4) is 0 Å². The smallest absolute Gasteiger partial charge is 0.317 e. The van der Waals surface area contributed by atoms with Gasteiger partial charge in [0, 0.05) is 5.41 Å². The molecule has 4 aliphatic rings. The van der Waals surface area contributed by atoms with Crippen LogP contribution in [-0.4, -0.2) is 31.1 Å². The van der Waals surface area contributed by atoms with E-state index in [2.05, 4.69) is 26.8 Å². The molecule has 0 heterocycles. The summed E-state index contributed by atoms with van der Waals surface area (Å²) in [7, 11) is 1.43. The summed E-state index contributed by atoms with van der Waals surface area (Å²) >= 11 is 0. The molecule has 4 aliphatic carbocycles. The van der Waals surface area contributed by atoms with Gasteiger partial charge in [0.2, 0.25) is 0 Å². The highest BCUT2D eigenvalue weighted by atomic mass is 16.5. The van der Waals surface area contributed by atoms with Crippen molar-refractivity contribution in [2.45, 2.75) is 46.5 Å². The van der Waals surface area contributed by atoms with Crippen LogP contribution in [0, 0.1) is 45.8 Å². The van der Waals surface area contributed by atoms with Gasteiger partial charge in [-0.15, -0.1) is 0 Å². The van der Waals surface area contributed by atoms with E-state index in [1.54, 1.807) is 0 Å². The Kier molecular flexibility index (Phi) is 3.58. The number of hydrogen-bond donors (Lipinski definition) is 1. The van der Waals surface area contributed by atoms with E-state index in [9.17, 15) is 14.7 Å². The molecule has 1 N–H and O–H groups in total. The van der Waals surface area contributed by atoms with Gasteiger partial charge in [0.05, 0.1) is 19.1 Å². The lowest BCUT2D eigenvalue weighted by Crippen LogP contribution is -2.63. The van der Waals surface area contributed by atoms with Gasteiger partial charge in [-0.25, -0.2) is 0 Å². The van der Waals surface area contributed by atoms with Crippen LogP contribution in [0.5, 0.6) is 0 Å². The zero-order chi connectivity index (χ0) is 18.2. The highest BCUT2D eigenvalue weighted by molar-refractivity contribution is 5.91. The van der Waals surface area contributed by atoms with Crippen molar-refractivity contribution >= 4 is 12.3 Å². The van der Waals surface area contributed by atoms with Crippen molar-refractivity contribution in [3.63, 3.8) is 0 Å². The number of esters is 1. The summed E-state index contributed by atoms with van der Waals surface area (Å²) in [5.74, 6) is 1.14. The number of hydrogen-bond acceptors (Lipinski definition) is 4. The van der Waals surface area contributed by atoms with Crippen LogP contribution in [0.25, 0.3) is 0 Å². The predicted molar refractivity (Wildman–Crippen MR) is 93.5 cm³/mol. The minimum absolute atomic E-state index is 0.0506. The van der Waals surface area contributed by atoms with Crippen molar-refractivity contribution in [3.05, 3.63) is 11.6 Å². The van der Waals surface area contributed by atoms with Gasteiger partial charge in [0.1, 0.15) is 11.7 Å². The summed E-state index contributed by atoms with van der Waals surface area (Å²) in [6.45, 7) is 6.39. The van der Waals surface area contributed by atoms with Crippen LogP contribution in [0.15, 0.2) is 11.6 Å². The Morgan fingerprint density at radius 2 is 2.12 bits per heavy atom. The number of fused-ring (bicyclic) bond motifs is 2. The maximum absolute atomic E-state index is 13.4. The fourth-order valence-corrected chi connectivity index (χ4v) is 7.79. The van der Waals surface area contributed by atoms with Crippen molar-refractivity contribution < 1.29 is 19.4 Å². The molecule has 1 unspecified atom stereocenters. The molecule has 0 aromatic heterocycles. The van der Waals surface area contributed by atoms with E-state index in [0.29, 0.717) is 18.3 Å². The number of carbonyl (C=O) groups excluding carboxylic acids is 2. The number of rotatable bonds is 4. The minimum atomic E-state index is -0.977. The highest BCUT2D eigenvalue weighted by Gasteiger charge is 2.84. The molecule has 7 atom stereocenters. The fraction of sp³-hybridized carbons (Fsp3) is 0.810. The molecule has 4 nitrogen and oxygen atoms in total. The molecule has 0 aliphatic heterocycles. The average molecular weight is 346 g/mol. The van der Waals surface area contributed by atoms with Crippen molar-refractivity contribution in [1.82, 2.24) is 0 Å². The van der Waals surface area contributed by atoms with E-state index in [0.717, 1.165) is 31.1 Å². The molecule has 3 saturated carbocycles. The molecule has 0 radical (unpaired) electrons. The molecule has 4 rings (SSSR count). The largest absolute Gasteiger partial charge is 0.468 e. The van der Waals surface area contributed by atoms with E-state index in [1.165, 1.54) is 7.11 Å². The van der Waals surface area contributed by atoms with Gasteiger partial charge >= 0.3 is 5.97 Å². The second-order valence-electron chi connectivity index (χ2n) is 9.33. The number of aliphatic hydroxyl groups is 1. The first kappa shape index (κ1) is 17.3. The van der Waals surface area contributed by atoms with E-state index in [4.69, 9.17) is 4.74 Å². The monoisotopic (exact) mass is 346 g/mol. The molecule has 0 spiro atoms. The van der Waals surface area contributed by atoms with Gasteiger partial charge in [0.25, 0.3) is 0 Å². The third-order valence-corrected chi connectivity index (χ3v) is 8.57. The van der Waals surface area contributed by atoms with Crippen LogP contribution >= 0.6 is 0 Å². The maximum atomic E-state index is 13.4. The summed E-state index contributed by atoms with van der Waals surface area (Å²) in [4.78, 5) is 26.1. The molecule has 0 aromatic carbocycles. The molecule has 25 heavy (non-hydrogen) atoms. The minimum Gasteiger partial charge on any atom is -0.468 e. The highest BCUT2D eigenvalue weighted by Crippen LogP contribution is 2.82. The molecule has 138 valence electrons. The number of aldehydes is 1. The number of allylic oxidation sites excluding steroid dienone is 1. The third kappa shape index (κ3) is 1.56. The third-order valence-electron chi connectivity index (χ3n) is 8.57. The molecule has 3 fully saturated rings.